The summed E-state index contributed by atoms with van der Waals surface area (Å²) in [4.78, 5) is 52.4. The Bertz CT molecular complexity index is 907. The predicted molar refractivity (Wildman–Crippen MR) is 134 cm³/mol. The number of likely N-dealkylation sites (tertiary alicyclic amines) is 1. The van der Waals surface area contributed by atoms with Crippen LogP contribution in [0.2, 0.25) is 0 Å². The first-order chi connectivity index (χ1) is 17.0. The number of hydrogen-bond donors (Lipinski definition) is 6. The number of nitrogens with two attached hydrogens (primary N) is 2. The van der Waals surface area contributed by atoms with Crippen molar-refractivity contribution in [2.75, 3.05) is 13.1 Å². The predicted octanol–water partition coefficient (Wildman–Crippen LogP) is 0.0922. The van der Waals surface area contributed by atoms with Gasteiger partial charge in [-0.2, -0.15) is 0 Å². The number of phenols is 1. The van der Waals surface area contributed by atoms with E-state index in [2.05, 4.69) is 10.6 Å². The first-order valence-electron chi connectivity index (χ1n) is 12.4. The monoisotopic (exact) mass is 505 g/mol. The quantitative estimate of drug-likeness (QED) is 0.203. The van der Waals surface area contributed by atoms with Crippen molar-refractivity contribution in [3.05, 3.63) is 29.8 Å². The van der Waals surface area contributed by atoms with Crippen molar-refractivity contribution in [3.63, 3.8) is 0 Å². The van der Waals surface area contributed by atoms with E-state index in [9.17, 15) is 29.4 Å². The van der Waals surface area contributed by atoms with Crippen molar-refractivity contribution in [1.29, 1.82) is 0 Å². The Morgan fingerprint density at radius 1 is 1.11 bits per heavy atom. The van der Waals surface area contributed by atoms with Gasteiger partial charge in [-0.15, -0.1) is 0 Å². The van der Waals surface area contributed by atoms with Crippen molar-refractivity contribution in [1.82, 2.24) is 15.5 Å². The minimum absolute atomic E-state index is 0.0532. The van der Waals surface area contributed by atoms with E-state index in [0.717, 1.165) is 6.42 Å². The molecule has 1 heterocycles. The topological polar surface area (TPSA) is 188 Å². The van der Waals surface area contributed by atoms with Crippen LogP contribution < -0.4 is 22.1 Å². The van der Waals surface area contributed by atoms with Gasteiger partial charge < -0.3 is 37.2 Å². The van der Waals surface area contributed by atoms with Gasteiger partial charge in [0.25, 0.3) is 0 Å². The summed E-state index contributed by atoms with van der Waals surface area (Å²) in [6.07, 6.45) is 3.07. The van der Waals surface area contributed by atoms with Crippen LogP contribution in [0.25, 0.3) is 0 Å². The Hall–Kier alpha value is -3.18. The summed E-state index contributed by atoms with van der Waals surface area (Å²) in [6.45, 7) is 4.25. The molecule has 0 spiro atoms. The highest BCUT2D eigenvalue weighted by atomic mass is 16.4. The average Bonchev–Trinajstić information content (AvgIpc) is 3.32. The normalized spacial score (nSPS) is 17.9. The highest BCUT2D eigenvalue weighted by Crippen LogP contribution is 2.20. The van der Waals surface area contributed by atoms with Gasteiger partial charge in [0.1, 0.15) is 23.9 Å². The molecule has 4 atom stereocenters. The second kappa shape index (κ2) is 13.8. The fourth-order valence-electron chi connectivity index (χ4n) is 4.26. The number of amides is 3. The van der Waals surface area contributed by atoms with Crippen molar-refractivity contribution < 1.29 is 29.4 Å². The van der Waals surface area contributed by atoms with Crippen molar-refractivity contribution in [3.8, 4) is 5.75 Å². The molecule has 36 heavy (non-hydrogen) atoms. The molecule has 2 rings (SSSR count). The molecular weight excluding hydrogens is 466 g/mol. The molecule has 11 heteroatoms. The minimum atomic E-state index is -1.18. The Kier molecular flexibility index (Phi) is 11.1. The van der Waals surface area contributed by atoms with Crippen LogP contribution in [0, 0.1) is 5.92 Å². The molecule has 1 fully saturated rings. The largest absolute Gasteiger partial charge is 0.508 e. The molecule has 1 aliphatic rings. The molecule has 0 bridgehead atoms. The Morgan fingerprint density at radius 2 is 1.78 bits per heavy atom. The molecule has 1 aromatic rings. The van der Waals surface area contributed by atoms with Crippen LogP contribution in [0.3, 0.4) is 0 Å². The van der Waals surface area contributed by atoms with Gasteiger partial charge in [0.2, 0.25) is 17.7 Å². The Morgan fingerprint density at radius 3 is 2.36 bits per heavy atom. The number of aliphatic carboxylic acids is 1. The Balaban J connectivity index is 2.17. The number of hydrogen-bond acceptors (Lipinski definition) is 7. The fourth-order valence-corrected chi connectivity index (χ4v) is 4.26. The highest BCUT2D eigenvalue weighted by molar-refractivity contribution is 5.94. The van der Waals surface area contributed by atoms with E-state index in [0.29, 0.717) is 44.3 Å². The zero-order valence-corrected chi connectivity index (χ0v) is 21.0. The summed E-state index contributed by atoms with van der Waals surface area (Å²) in [5.41, 5.74) is 12.2. The third kappa shape index (κ3) is 8.20. The van der Waals surface area contributed by atoms with Crippen LogP contribution in [-0.4, -0.2) is 76.1 Å². The molecule has 0 aliphatic carbocycles. The molecule has 0 aromatic heterocycles. The lowest BCUT2D eigenvalue weighted by Gasteiger charge is -2.29. The molecule has 4 unspecified atom stereocenters. The van der Waals surface area contributed by atoms with Gasteiger partial charge in [-0.1, -0.05) is 32.4 Å². The van der Waals surface area contributed by atoms with Crippen molar-refractivity contribution in [2.24, 2.45) is 17.4 Å². The minimum Gasteiger partial charge on any atom is -0.508 e. The molecule has 1 aliphatic heterocycles. The third-order valence-electron chi connectivity index (χ3n) is 6.36. The highest BCUT2D eigenvalue weighted by Gasteiger charge is 2.38. The lowest BCUT2D eigenvalue weighted by Crippen LogP contribution is -2.57. The molecular formula is C25H39N5O6. The number of unbranched alkanes of at least 4 members (excludes halogenated alkanes) is 1. The van der Waals surface area contributed by atoms with Crippen LogP contribution >= 0.6 is 0 Å². The van der Waals surface area contributed by atoms with Crippen LogP contribution in [-0.2, 0) is 25.6 Å². The van der Waals surface area contributed by atoms with Gasteiger partial charge in [-0.05, 0) is 55.8 Å². The molecule has 11 nitrogen and oxygen atoms in total. The number of aromatic hydroxyl groups is 1. The van der Waals surface area contributed by atoms with Gasteiger partial charge in [0.15, 0.2) is 0 Å². The number of carbonyl (C=O) groups excluding carboxylic acids is 3. The average molecular weight is 506 g/mol. The SMILES string of the molecule is CC(C)C(NC(=O)C(Cc1ccc(O)cc1)NC(=O)C1CCCN1C(=O)C(N)CCCCN)C(=O)O. The maximum Gasteiger partial charge on any atom is 0.326 e. The molecule has 1 aromatic carbocycles. The van der Waals surface area contributed by atoms with Gasteiger partial charge in [-0.25, -0.2) is 4.79 Å². The third-order valence-corrected chi connectivity index (χ3v) is 6.36. The summed E-state index contributed by atoms with van der Waals surface area (Å²) in [6, 6.07) is 2.44. The Labute approximate surface area is 211 Å². The maximum absolute atomic E-state index is 13.3. The van der Waals surface area contributed by atoms with Crippen LogP contribution in [0.5, 0.6) is 5.75 Å². The van der Waals surface area contributed by atoms with Gasteiger partial charge in [-0.3, -0.25) is 14.4 Å². The van der Waals surface area contributed by atoms with Crippen LogP contribution in [0.4, 0.5) is 0 Å². The first-order valence-corrected chi connectivity index (χ1v) is 12.4. The molecule has 200 valence electrons. The summed E-state index contributed by atoms with van der Waals surface area (Å²) in [7, 11) is 0. The van der Waals surface area contributed by atoms with E-state index >= 15 is 0 Å². The first kappa shape index (κ1) is 29.1. The van der Waals surface area contributed by atoms with Crippen LogP contribution in [0.1, 0.15) is 51.5 Å². The number of nitrogens with one attached hydrogen (secondary N) is 2. The number of carbonyl (C=O) groups is 4. The molecule has 0 saturated carbocycles. The molecule has 8 N–H and O–H groups in total. The van der Waals surface area contributed by atoms with Gasteiger partial charge in [0.05, 0.1) is 6.04 Å². The number of nitrogens with zero attached hydrogens (tertiary/aromatic N) is 1. The van der Waals surface area contributed by atoms with Gasteiger partial charge >= 0.3 is 5.97 Å². The summed E-state index contributed by atoms with van der Waals surface area (Å²) in [5, 5.41) is 24.3. The van der Waals surface area contributed by atoms with Crippen LogP contribution in [0.15, 0.2) is 24.3 Å². The number of carboxylic acids is 1. The summed E-state index contributed by atoms with van der Waals surface area (Å²) < 4.78 is 0. The van der Waals surface area contributed by atoms with E-state index in [-0.39, 0.29) is 24.0 Å². The number of carboxylic acid groups (broad SMARTS) is 1. The number of rotatable bonds is 13. The fraction of sp³-hybridized carbons (Fsp3) is 0.600. The lowest BCUT2D eigenvalue weighted by atomic mass is 10.0. The van der Waals surface area contributed by atoms with E-state index in [1.807, 2.05) is 0 Å². The van der Waals surface area contributed by atoms with E-state index in [4.69, 9.17) is 11.5 Å². The number of benzene rings is 1. The maximum atomic E-state index is 13.3. The molecule has 3 amide bonds. The van der Waals surface area contributed by atoms with E-state index in [1.54, 1.807) is 26.0 Å². The smallest absolute Gasteiger partial charge is 0.326 e. The van der Waals surface area contributed by atoms with Crippen molar-refractivity contribution >= 4 is 23.7 Å². The lowest BCUT2D eigenvalue weighted by molar-refractivity contribution is -0.144. The second-order valence-corrected chi connectivity index (χ2v) is 9.58. The zero-order chi connectivity index (χ0) is 26.8. The van der Waals surface area contributed by atoms with E-state index in [1.165, 1.54) is 17.0 Å². The standard InChI is InChI=1S/C25H39N5O6/c1-15(2)21(25(35)36)29-22(32)19(14-16-8-10-17(31)11-9-16)28-23(33)20-7-5-13-30(20)24(34)18(27)6-3-4-12-26/h8-11,15,18-21,31H,3-7,12-14,26-27H2,1-2H3,(H,28,33)(H,29,32)(H,35,36). The van der Waals surface area contributed by atoms with Gasteiger partial charge in [0, 0.05) is 13.0 Å². The summed E-state index contributed by atoms with van der Waals surface area (Å²) in [5.74, 6) is -2.95. The van der Waals surface area contributed by atoms with Crippen molar-refractivity contribution in [2.45, 2.75) is 76.5 Å². The molecule has 1 saturated heterocycles. The molecule has 0 radical (unpaired) electrons. The second-order valence-electron chi connectivity index (χ2n) is 9.58. The number of phenolic OH excluding ortho intramolecular Hbond substituents is 1. The summed E-state index contributed by atoms with van der Waals surface area (Å²) >= 11 is 0. The zero-order valence-electron chi connectivity index (χ0n) is 21.0. The van der Waals surface area contributed by atoms with E-state index < -0.39 is 42.0 Å².